The van der Waals surface area contributed by atoms with Crippen LogP contribution in [0.15, 0.2) is 0 Å². The molecule has 16 heavy (non-hydrogen) atoms. The van der Waals surface area contributed by atoms with E-state index in [9.17, 15) is 13.2 Å². The van der Waals surface area contributed by atoms with Crippen LogP contribution in [0.2, 0.25) is 0 Å². The summed E-state index contributed by atoms with van der Waals surface area (Å²) in [5.74, 6) is -0.333. The zero-order valence-corrected chi connectivity index (χ0v) is 9.49. The van der Waals surface area contributed by atoms with Crippen LogP contribution in [0.3, 0.4) is 0 Å². The summed E-state index contributed by atoms with van der Waals surface area (Å²) in [7, 11) is -3.29. The largest absolute Gasteiger partial charge is 0.465 e. The monoisotopic (exact) mass is 250 g/mol. The van der Waals surface area contributed by atoms with Crippen LogP contribution >= 0.6 is 0 Å². The molecule has 0 aromatic rings. The SMILES string of the molecule is O=C(O)N1CCC2(CC1)CNS(=O)(=O)CO2. The molecule has 2 fully saturated rings. The molecule has 8 heteroatoms. The second kappa shape index (κ2) is 3.86. The molecule has 0 bridgehead atoms. The minimum absolute atomic E-state index is 0.239. The first-order valence-corrected chi connectivity index (χ1v) is 6.67. The van der Waals surface area contributed by atoms with E-state index in [4.69, 9.17) is 9.84 Å². The molecule has 2 rings (SSSR count). The maximum Gasteiger partial charge on any atom is 0.407 e. The molecule has 92 valence electrons. The van der Waals surface area contributed by atoms with Crippen molar-refractivity contribution in [3.63, 3.8) is 0 Å². The quantitative estimate of drug-likeness (QED) is 0.599. The molecule has 0 unspecified atom stereocenters. The Morgan fingerprint density at radius 2 is 2.00 bits per heavy atom. The number of nitrogens with one attached hydrogen (secondary N) is 1. The highest BCUT2D eigenvalue weighted by Gasteiger charge is 2.41. The average Bonchev–Trinajstić information content (AvgIpc) is 2.24. The van der Waals surface area contributed by atoms with Crippen molar-refractivity contribution in [3.8, 4) is 0 Å². The predicted octanol–water partition coefficient (Wildman–Crippen LogP) is -0.594. The lowest BCUT2D eigenvalue weighted by atomic mass is 9.91. The standard InChI is InChI=1S/C8H14N2O5S/c11-7(12)10-3-1-8(2-4-10)5-9-16(13,14)6-15-8/h9H,1-6H2,(H,11,12). The third kappa shape index (κ3) is 2.28. The highest BCUT2D eigenvalue weighted by atomic mass is 32.2. The zero-order valence-electron chi connectivity index (χ0n) is 8.68. The lowest BCUT2D eigenvalue weighted by molar-refractivity contribution is -0.0650. The molecule has 1 amide bonds. The topological polar surface area (TPSA) is 95.9 Å². The highest BCUT2D eigenvalue weighted by molar-refractivity contribution is 7.89. The summed E-state index contributed by atoms with van der Waals surface area (Å²) in [6, 6.07) is 0. The van der Waals surface area contributed by atoms with Crippen LogP contribution in [0.4, 0.5) is 4.79 Å². The van der Waals surface area contributed by atoms with Crippen molar-refractivity contribution in [1.82, 2.24) is 9.62 Å². The third-order valence-corrected chi connectivity index (χ3v) is 4.09. The summed E-state index contributed by atoms with van der Waals surface area (Å²) in [5, 5.41) is 8.78. The van der Waals surface area contributed by atoms with Crippen molar-refractivity contribution in [2.75, 3.05) is 25.6 Å². The minimum atomic E-state index is -3.29. The molecule has 0 saturated carbocycles. The second-order valence-electron chi connectivity index (χ2n) is 4.15. The Hall–Kier alpha value is -0.860. The van der Waals surface area contributed by atoms with Gasteiger partial charge >= 0.3 is 6.09 Å². The Bertz CT molecular complexity index is 369. The first kappa shape index (κ1) is 11.6. The van der Waals surface area contributed by atoms with E-state index in [1.807, 2.05) is 0 Å². The lowest BCUT2D eigenvalue weighted by Gasteiger charge is -2.42. The van der Waals surface area contributed by atoms with Crippen LogP contribution < -0.4 is 4.72 Å². The maximum absolute atomic E-state index is 11.1. The van der Waals surface area contributed by atoms with Gasteiger partial charge in [-0.15, -0.1) is 0 Å². The fourth-order valence-electron chi connectivity index (χ4n) is 1.96. The molecule has 2 heterocycles. The van der Waals surface area contributed by atoms with Gasteiger partial charge in [-0.2, -0.15) is 0 Å². The number of amides is 1. The lowest BCUT2D eigenvalue weighted by Crippen LogP contribution is -2.57. The van der Waals surface area contributed by atoms with Gasteiger partial charge in [-0.05, 0) is 12.8 Å². The maximum atomic E-state index is 11.1. The summed E-state index contributed by atoms with van der Waals surface area (Å²) in [5.41, 5.74) is -0.517. The molecule has 2 aliphatic rings. The fourth-order valence-corrected chi connectivity index (χ4v) is 2.93. The van der Waals surface area contributed by atoms with E-state index in [1.54, 1.807) is 0 Å². The van der Waals surface area contributed by atoms with Crippen LogP contribution in [-0.4, -0.2) is 55.7 Å². The Kier molecular flexibility index (Phi) is 2.81. The molecular weight excluding hydrogens is 236 g/mol. The predicted molar refractivity (Wildman–Crippen MR) is 54.4 cm³/mol. The molecule has 7 nitrogen and oxygen atoms in total. The van der Waals surface area contributed by atoms with Gasteiger partial charge in [-0.1, -0.05) is 0 Å². The minimum Gasteiger partial charge on any atom is -0.465 e. The van der Waals surface area contributed by atoms with Crippen LogP contribution in [0.1, 0.15) is 12.8 Å². The number of carbonyl (C=O) groups is 1. The summed E-state index contributed by atoms with van der Waals surface area (Å²) in [4.78, 5) is 12.0. The number of piperidine rings is 1. The van der Waals surface area contributed by atoms with Crippen molar-refractivity contribution in [2.24, 2.45) is 0 Å². The molecule has 0 aromatic carbocycles. The molecule has 0 atom stereocenters. The van der Waals surface area contributed by atoms with Gasteiger partial charge in [0.05, 0.1) is 5.60 Å². The van der Waals surface area contributed by atoms with E-state index >= 15 is 0 Å². The van der Waals surface area contributed by atoms with Crippen LogP contribution in [0.25, 0.3) is 0 Å². The highest BCUT2D eigenvalue weighted by Crippen LogP contribution is 2.28. The normalized spacial score (nSPS) is 27.9. The number of ether oxygens (including phenoxy) is 1. The Balaban J connectivity index is 1.96. The number of hydrogen-bond donors (Lipinski definition) is 2. The summed E-state index contributed by atoms with van der Waals surface area (Å²) < 4.78 is 30.0. The summed E-state index contributed by atoms with van der Waals surface area (Å²) >= 11 is 0. The van der Waals surface area contributed by atoms with Gasteiger partial charge in [0, 0.05) is 19.6 Å². The Labute approximate surface area is 93.4 Å². The smallest absolute Gasteiger partial charge is 0.407 e. The summed E-state index contributed by atoms with van der Waals surface area (Å²) in [6.07, 6.45) is 0.121. The molecule has 1 spiro atoms. The molecule has 0 aromatic heterocycles. The summed E-state index contributed by atoms with van der Waals surface area (Å²) in [6.45, 7) is 1.01. The molecule has 0 aliphatic carbocycles. The second-order valence-corrected chi connectivity index (χ2v) is 5.90. The van der Waals surface area contributed by atoms with E-state index in [1.165, 1.54) is 4.90 Å². The van der Waals surface area contributed by atoms with Gasteiger partial charge in [0.1, 0.15) is 0 Å². The third-order valence-electron chi connectivity index (χ3n) is 3.08. The Morgan fingerprint density at radius 1 is 1.38 bits per heavy atom. The number of likely N-dealkylation sites (tertiary alicyclic amines) is 1. The van der Waals surface area contributed by atoms with Gasteiger partial charge in [-0.3, -0.25) is 0 Å². The van der Waals surface area contributed by atoms with Crippen LogP contribution in [-0.2, 0) is 14.8 Å². The van der Waals surface area contributed by atoms with E-state index in [0.29, 0.717) is 25.9 Å². The van der Waals surface area contributed by atoms with Gasteiger partial charge in [-0.25, -0.2) is 17.9 Å². The van der Waals surface area contributed by atoms with Crippen molar-refractivity contribution in [2.45, 2.75) is 18.4 Å². The molecule has 2 N–H and O–H groups in total. The molecule has 0 radical (unpaired) electrons. The van der Waals surface area contributed by atoms with Crippen molar-refractivity contribution in [3.05, 3.63) is 0 Å². The fraction of sp³-hybridized carbons (Fsp3) is 0.875. The average molecular weight is 250 g/mol. The number of sulfonamides is 1. The first-order chi connectivity index (χ1) is 7.43. The number of carboxylic acid groups (broad SMARTS) is 1. The molecular formula is C8H14N2O5S. The number of rotatable bonds is 0. The number of nitrogens with zero attached hydrogens (tertiary/aromatic N) is 1. The van der Waals surface area contributed by atoms with E-state index < -0.39 is 21.7 Å². The van der Waals surface area contributed by atoms with E-state index in [2.05, 4.69) is 4.72 Å². The van der Waals surface area contributed by atoms with Crippen molar-refractivity contribution < 1.29 is 23.1 Å². The zero-order chi connectivity index (χ0) is 11.8. The van der Waals surface area contributed by atoms with E-state index in [-0.39, 0.29) is 12.5 Å². The van der Waals surface area contributed by atoms with Crippen LogP contribution in [0.5, 0.6) is 0 Å². The first-order valence-electron chi connectivity index (χ1n) is 5.02. The Morgan fingerprint density at radius 3 is 2.44 bits per heavy atom. The molecule has 2 saturated heterocycles. The van der Waals surface area contributed by atoms with Gasteiger partial charge in [0.15, 0.2) is 5.94 Å². The number of hydrogen-bond acceptors (Lipinski definition) is 4. The van der Waals surface area contributed by atoms with Crippen LogP contribution in [0, 0.1) is 0 Å². The molecule has 2 aliphatic heterocycles. The van der Waals surface area contributed by atoms with Crippen molar-refractivity contribution >= 4 is 16.1 Å². The van der Waals surface area contributed by atoms with Gasteiger partial charge < -0.3 is 14.7 Å². The van der Waals surface area contributed by atoms with Gasteiger partial charge in [0.2, 0.25) is 10.0 Å². The van der Waals surface area contributed by atoms with Crippen molar-refractivity contribution in [1.29, 1.82) is 0 Å². The van der Waals surface area contributed by atoms with Gasteiger partial charge in [0.25, 0.3) is 0 Å². The van der Waals surface area contributed by atoms with E-state index in [0.717, 1.165) is 0 Å².